The lowest BCUT2D eigenvalue weighted by Crippen LogP contribution is -2.09. The Kier molecular flexibility index (Phi) is 6.80. The molecule has 0 bridgehead atoms. The molecule has 0 aliphatic heterocycles. The highest BCUT2D eigenvalue weighted by Gasteiger charge is 2.25. The van der Waals surface area contributed by atoms with Crippen molar-refractivity contribution in [2.45, 2.75) is 27.2 Å². The van der Waals surface area contributed by atoms with Gasteiger partial charge in [-0.25, -0.2) is 0 Å². The van der Waals surface area contributed by atoms with E-state index >= 15 is 0 Å². The number of aromatic nitrogens is 2. The summed E-state index contributed by atoms with van der Waals surface area (Å²) in [6, 6.07) is 45.4. The molecule has 1 aliphatic rings. The number of aryl methyl sites for hydroxylation is 1. The molecule has 0 spiro atoms. The molecule has 0 saturated carbocycles. The Labute approximate surface area is 315 Å². The standard InChI is InChI=1S/C49H36N2S2/c1-4-13-40-30(3)36-25-38-34-16-7-11-20-46(34)52-48(38)27-44(36)50(40)41-18-9-5-14-31(41)33-23-22-29(2)24-43(33)51-42-19-10-6-15-32(42)37-26-39-35-17-8-12-21-47(35)53-49(39)28-45(37)51/h4-21,23-29H,22H2,1-3H3/b13-4-. The van der Waals surface area contributed by atoms with Crippen LogP contribution in [0.5, 0.6) is 0 Å². The van der Waals surface area contributed by atoms with Crippen molar-refractivity contribution >= 4 is 113 Å². The minimum Gasteiger partial charge on any atom is -0.309 e. The van der Waals surface area contributed by atoms with Gasteiger partial charge in [-0.1, -0.05) is 97.9 Å². The fourth-order valence-electron chi connectivity index (χ4n) is 8.92. The third-order valence-corrected chi connectivity index (χ3v) is 13.6. The van der Waals surface area contributed by atoms with Gasteiger partial charge in [0.15, 0.2) is 0 Å². The zero-order chi connectivity index (χ0) is 35.4. The summed E-state index contributed by atoms with van der Waals surface area (Å²) in [6.45, 7) is 6.76. The molecule has 2 nitrogen and oxygen atoms in total. The smallest absolute Gasteiger partial charge is 0.0555 e. The first-order valence-corrected chi connectivity index (χ1v) is 20.2. The van der Waals surface area contributed by atoms with Crippen molar-refractivity contribution < 1.29 is 0 Å². The number of thiophene rings is 2. The second-order valence-corrected chi connectivity index (χ2v) is 16.7. The molecule has 1 unspecified atom stereocenters. The maximum Gasteiger partial charge on any atom is 0.0555 e. The Morgan fingerprint density at radius 3 is 1.91 bits per heavy atom. The van der Waals surface area contributed by atoms with Gasteiger partial charge in [-0.15, -0.1) is 22.7 Å². The van der Waals surface area contributed by atoms with E-state index in [1.54, 1.807) is 0 Å². The Morgan fingerprint density at radius 2 is 1.19 bits per heavy atom. The van der Waals surface area contributed by atoms with E-state index in [2.05, 4.69) is 176 Å². The summed E-state index contributed by atoms with van der Waals surface area (Å²) in [7, 11) is 0. The Hall–Kier alpha value is -5.68. The van der Waals surface area contributed by atoms with Gasteiger partial charge in [-0.2, -0.15) is 0 Å². The number of hydrogen-bond acceptors (Lipinski definition) is 2. The van der Waals surface area contributed by atoms with Crippen molar-refractivity contribution in [3.63, 3.8) is 0 Å². The van der Waals surface area contributed by atoms with E-state index in [4.69, 9.17) is 0 Å². The molecular weight excluding hydrogens is 681 g/mol. The minimum atomic E-state index is 0.416. The van der Waals surface area contributed by atoms with Crippen LogP contribution in [0.15, 0.2) is 140 Å². The first-order chi connectivity index (χ1) is 26.1. The van der Waals surface area contributed by atoms with E-state index in [0.29, 0.717) is 5.92 Å². The molecule has 0 saturated heterocycles. The van der Waals surface area contributed by atoms with Crippen molar-refractivity contribution in [3.05, 3.63) is 156 Å². The quantitative estimate of drug-likeness (QED) is 0.172. The average Bonchev–Trinajstić information content (AvgIpc) is 3.91. The van der Waals surface area contributed by atoms with Crippen molar-refractivity contribution in [2.24, 2.45) is 5.92 Å². The van der Waals surface area contributed by atoms with Crippen LogP contribution in [0.25, 0.3) is 96.1 Å². The lowest BCUT2D eigenvalue weighted by molar-refractivity contribution is 0.737. The summed E-state index contributed by atoms with van der Waals surface area (Å²) >= 11 is 3.78. The van der Waals surface area contributed by atoms with Gasteiger partial charge in [-0.3, -0.25) is 0 Å². The van der Waals surface area contributed by atoms with Crippen LogP contribution in [-0.4, -0.2) is 9.13 Å². The monoisotopic (exact) mass is 716 g/mol. The molecule has 254 valence electrons. The highest BCUT2D eigenvalue weighted by atomic mass is 32.1. The summed E-state index contributed by atoms with van der Waals surface area (Å²) in [5.41, 5.74) is 11.3. The lowest BCUT2D eigenvalue weighted by Gasteiger charge is -2.25. The van der Waals surface area contributed by atoms with Crippen LogP contribution < -0.4 is 0 Å². The maximum absolute atomic E-state index is 2.55. The van der Waals surface area contributed by atoms with Crippen LogP contribution in [0.2, 0.25) is 0 Å². The fourth-order valence-corrected chi connectivity index (χ4v) is 11.2. The maximum atomic E-state index is 2.55. The molecule has 0 N–H and O–H groups in total. The van der Waals surface area contributed by atoms with Gasteiger partial charge in [0.1, 0.15) is 0 Å². The fraction of sp³-hybridized carbons (Fsp3) is 0.102. The summed E-state index contributed by atoms with van der Waals surface area (Å²) in [4.78, 5) is 0. The molecule has 4 heteroatoms. The average molecular weight is 717 g/mol. The molecule has 10 aromatic rings. The van der Waals surface area contributed by atoms with Crippen LogP contribution in [0.1, 0.15) is 37.1 Å². The predicted molar refractivity (Wildman–Crippen MR) is 234 cm³/mol. The third-order valence-electron chi connectivity index (χ3n) is 11.3. The normalized spacial score (nSPS) is 15.3. The van der Waals surface area contributed by atoms with Crippen molar-refractivity contribution in [2.75, 3.05) is 0 Å². The highest BCUT2D eigenvalue weighted by Crippen LogP contribution is 2.46. The summed E-state index contributed by atoms with van der Waals surface area (Å²) in [5.74, 6) is 0.416. The van der Waals surface area contributed by atoms with E-state index in [1.807, 2.05) is 22.7 Å². The zero-order valence-electron chi connectivity index (χ0n) is 29.9. The molecule has 1 aliphatic carbocycles. The topological polar surface area (TPSA) is 9.86 Å². The Bertz CT molecular complexity index is 3240. The van der Waals surface area contributed by atoms with Gasteiger partial charge in [0.05, 0.1) is 27.9 Å². The van der Waals surface area contributed by atoms with Gasteiger partial charge >= 0.3 is 0 Å². The molecule has 11 rings (SSSR count). The van der Waals surface area contributed by atoms with Gasteiger partial charge in [0, 0.05) is 73.3 Å². The number of fused-ring (bicyclic) bond motifs is 10. The zero-order valence-corrected chi connectivity index (χ0v) is 31.5. The molecule has 6 aromatic carbocycles. The highest BCUT2D eigenvalue weighted by molar-refractivity contribution is 7.26. The predicted octanol–water partition coefficient (Wildman–Crippen LogP) is 14.8. The molecule has 1 atom stereocenters. The van der Waals surface area contributed by atoms with Crippen LogP contribution in [0, 0.1) is 12.8 Å². The van der Waals surface area contributed by atoms with Crippen molar-refractivity contribution in [1.29, 1.82) is 0 Å². The molecular formula is C49H36N2S2. The van der Waals surface area contributed by atoms with Crippen LogP contribution in [0.3, 0.4) is 0 Å². The van der Waals surface area contributed by atoms with Gasteiger partial charge in [-0.05, 0) is 86.4 Å². The SMILES string of the molecule is C/C=C\c1c(C)c2cc3c(cc2n1-c1ccccc1C1=CCC(C)C=C1n1c2ccccc2c2cc4c(cc21)sc1ccccc14)sc1ccccc13. The number of allylic oxidation sites excluding steroid dienone is 5. The summed E-state index contributed by atoms with van der Waals surface area (Å²) in [5, 5.41) is 9.26. The summed E-state index contributed by atoms with van der Waals surface area (Å²) in [6.07, 6.45) is 10.5. The number of benzene rings is 6. The summed E-state index contributed by atoms with van der Waals surface area (Å²) < 4.78 is 10.4. The van der Waals surface area contributed by atoms with E-state index in [0.717, 1.165) is 6.42 Å². The Morgan fingerprint density at radius 1 is 0.585 bits per heavy atom. The number of rotatable bonds is 4. The minimum absolute atomic E-state index is 0.416. The Balaban J connectivity index is 1.17. The first kappa shape index (κ1) is 30.9. The number of nitrogens with zero attached hydrogens (tertiary/aromatic N) is 2. The van der Waals surface area contributed by atoms with Crippen LogP contribution >= 0.6 is 22.7 Å². The van der Waals surface area contributed by atoms with Gasteiger partial charge in [0.25, 0.3) is 0 Å². The first-order valence-electron chi connectivity index (χ1n) is 18.5. The molecule has 0 amide bonds. The van der Waals surface area contributed by atoms with Gasteiger partial charge in [0.2, 0.25) is 0 Å². The molecule has 0 fully saturated rings. The van der Waals surface area contributed by atoms with E-state index in [-0.39, 0.29) is 0 Å². The van der Waals surface area contributed by atoms with Crippen molar-refractivity contribution in [3.8, 4) is 5.69 Å². The number of para-hydroxylation sites is 2. The van der Waals surface area contributed by atoms with Crippen LogP contribution in [0.4, 0.5) is 0 Å². The number of hydrogen-bond donors (Lipinski definition) is 0. The van der Waals surface area contributed by atoms with Gasteiger partial charge < -0.3 is 9.13 Å². The van der Waals surface area contributed by atoms with E-state index in [1.165, 1.54) is 107 Å². The lowest BCUT2D eigenvalue weighted by atomic mass is 9.90. The molecule has 53 heavy (non-hydrogen) atoms. The second kappa shape index (κ2) is 11.7. The molecule has 4 heterocycles. The largest absolute Gasteiger partial charge is 0.309 e. The van der Waals surface area contributed by atoms with Crippen LogP contribution in [-0.2, 0) is 0 Å². The third kappa shape index (κ3) is 4.49. The second-order valence-electron chi connectivity index (χ2n) is 14.5. The van der Waals surface area contributed by atoms with Crippen molar-refractivity contribution in [1.82, 2.24) is 9.13 Å². The molecule has 0 radical (unpaired) electrons. The van der Waals surface area contributed by atoms with E-state index < -0.39 is 0 Å². The molecule has 4 aromatic heterocycles. The van der Waals surface area contributed by atoms with E-state index in [9.17, 15) is 0 Å².